The Bertz CT molecular complexity index is 411. The van der Waals surface area contributed by atoms with E-state index in [-0.39, 0.29) is 5.54 Å². The number of rotatable bonds is 5. The molecule has 1 unspecified atom stereocenters. The van der Waals surface area contributed by atoms with Crippen LogP contribution in [0.4, 0.5) is 0 Å². The molecule has 1 saturated heterocycles. The molecule has 0 aromatic carbocycles. The number of thiophene rings is 1. The second-order valence-corrected chi connectivity index (χ2v) is 7.86. The summed E-state index contributed by atoms with van der Waals surface area (Å²) in [6, 6.07) is 4.54. The van der Waals surface area contributed by atoms with Gasteiger partial charge in [0, 0.05) is 41.5 Å². The average molecular weight is 296 g/mol. The van der Waals surface area contributed by atoms with Gasteiger partial charge in [0.05, 0.1) is 12.7 Å². The van der Waals surface area contributed by atoms with Crippen LogP contribution in [0.3, 0.4) is 0 Å². The molecule has 0 bridgehead atoms. The van der Waals surface area contributed by atoms with Crippen molar-refractivity contribution in [2.75, 3.05) is 19.7 Å². The van der Waals surface area contributed by atoms with Crippen LogP contribution < -0.4 is 5.32 Å². The van der Waals surface area contributed by atoms with Crippen LogP contribution in [0.2, 0.25) is 0 Å². The first-order valence-corrected chi connectivity index (χ1v) is 8.44. The van der Waals surface area contributed by atoms with Gasteiger partial charge in [-0.25, -0.2) is 0 Å². The lowest BCUT2D eigenvalue weighted by Crippen LogP contribution is -2.41. The first-order chi connectivity index (χ1) is 9.46. The van der Waals surface area contributed by atoms with Gasteiger partial charge in [0.15, 0.2) is 0 Å². The molecule has 1 aromatic rings. The molecule has 114 valence electrons. The van der Waals surface area contributed by atoms with Crippen molar-refractivity contribution in [1.29, 1.82) is 0 Å². The molecule has 1 aromatic heterocycles. The van der Waals surface area contributed by atoms with Gasteiger partial charge in [-0.05, 0) is 39.3 Å². The minimum atomic E-state index is 0.183. The van der Waals surface area contributed by atoms with E-state index in [1.54, 1.807) is 0 Å². The van der Waals surface area contributed by atoms with E-state index in [0.29, 0.717) is 6.10 Å². The third-order valence-electron chi connectivity index (χ3n) is 3.57. The summed E-state index contributed by atoms with van der Waals surface area (Å²) in [5, 5.41) is 3.55. The maximum atomic E-state index is 5.73. The summed E-state index contributed by atoms with van der Waals surface area (Å²) < 4.78 is 5.73. The zero-order valence-electron chi connectivity index (χ0n) is 13.2. The Hall–Kier alpha value is -0.420. The average Bonchev–Trinajstić information content (AvgIpc) is 2.83. The maximum Gasteiger partial charge on any atom is 0.0700 e. The molecule has 0 amide bonds. The normalized spacial score (nSPS) is 21.3. The molecule has 1 atom stereocenters. The SMILES string of the molecule is CCC1CN(Cc2ccc(CNC(C)(C)C)s2)CCO1. The summed E-state index contributed by atoms with van der Waals surface area (Å²) >= 11 is 1.93. The van der Waals surface area contributed by atoms with Gasteiger partial charge >= 0.3 is 0 Å². The predicted octanol–water partition coefficient (Wildman–Crippen LogP) is 3.25. The summed E-state index contributed by atoms with van der Waals surface area (Å²) in [7, 11) is 0. The van der Waals surface area contributed by atoms with E-state index in [2.05, 4.69) is 50.0 Å². The van der Waals surface area contributed by atoms with Crippen molar-refractivity contribution in [1.82, 2.24) is 10.2 Å². The second-order valence-electron chi connectivity index (χ2n) is 6.61. The van der Waals surface area contributed by atoms with Gasteiger partial charge in [0.25, 0.3) is 0 Å². The number of nitrogens with one attached hydrogen (secondary N) is 1. The van der Waals surface area contributed by atoms with E-state index in [1.807, 2.05) is 11.3 Å². The van der Waals surface area contributed by atoms with Crippen LogP contribution in [0, 0.1) is 0 Å². The molecule has 3 nitrogen and oxygen atoms in total. The van der Waals surface area contributed by atoms with Gasteiger partial charge in [-0.15, -0.1) is 11.3 Å². The highest BCUT2D eigenvalue weighted by atomic mass is 32.1. The highest BCUT2D eigenvalue weighted by Crippen LogP contribution is 2.20. The zero-order chi connectivity index (χ0) is 14.6. The first-order valence-electron chi connectivity index (χ1n) is 7.63. The van der Waals surface area contributed by atoms with Crippen molar-refractivity contribution in [3.8, 4) is 0 Å². The van der Waals surface area contributed by atoms with Crippen molar-refractivity contribution >= 4 is 11.3 Å². The molecular weight excluding hydrogens is 268 g/mol. The molecule has 1 fully saturated rings. The van der Waals surface area contributed by atoms with E-state index >= 15 is 0 Å². The van der Waals surface area contributed by atoms with E-state index < -0.39 is 0 Å². The van der Waals surface area contributed by atoms with Crippen LogP contribution >= 0.6 is 11.3 Å². The van der Waals surface area contributed by atoms with Crippen LogP contribution in [0.15, 0.2) is 12.1 Å². The maximum absolute atomic E-state index is 5.73. The molecule has 4 heteroatoms. The van der Waals surface area contributed by atoms with Gasteiger partial charge in [-0.2, -0.15) is 0 Å². The van der Waals surface area contributed by atoms with Crippen molar-refractivity contribution in [3.63, 3.8) is 0 Å². The van der Waals surface area contributed by atoms with Crippen LogP contribution in [0.1, 0.15) is 43.9 Å². The van der Waals surface area contributed by atoms with Gasteiger partial charge in [-0.3, -0.25) is 4.90 Å². The van der Waals surface area contributed by atoms with E-state index in [9.17, 15) is 0 Å². The van der Waals surface area contributed by atoms with Crippen molar-refractivity contribution < 1.29 is 4.74 Å². The summed E-state index contributed by atoms with van der Waals surface area (Å²) in [6.45, 7) is 13.9. The summed E-state index contributed by atoms with van der Waals surface area (Å²) in [5.41, 5.74) is 0.183. The fraction of sp³-hybridized carbons (Fsp3) is 0.750. The van der Waals surface area contributed by atoms with E-state index in [4.69, 9.17) is 4.74 Å². The molecule has 0 spiro atoms. The molecular formula is C16H28N2OS. The Morgan fingerprint density at radius 3 is 2.80 bits per heavy atom. The smallest absolute Gasteiger partial charge is 0.0700 e. The third kappa shape index (κ3) is 5.17. The van der Waals surface area contributed by atoms with Crippen molar-refractivity contribution in [3.05, 3.63) is 21.9 Å². The lowest BCUT2D eigenvalue weighted by molar-refractivity contribution is -0.0321. The number of morpholine rings is 1. The monoisotopic (exact) mass is 296 g/mol. The molecule has 0 aliphatic carbocycles. The summed E-state index contributed by atoms with van der Waals surface area (Å²) in [6.07, 6.45) is 1.53. The molecule has 1 aliphatic rings. The quantitative estimate of drug-likeness (QED) is 0.903. The largest absolute Gasteiger partial charge is 0.376 e. The van der Waals surface area contributed by atoms with Crippen LogP contribution in [0.25, 0.3) is 0 Å². The number of hydrogen-bond acceptors (Lipinski definition) is 4. The Balaban J connectivity index is 1.83. The standard InChI is InChI=1S/C16H28N2OS/c1-5-13-11-18(8-9-19-13)12-15-7-6-14(20-15)10-17-16(2,3)4/h6-7,13,17H,5,8-12H2,1-4H3. The van der Waals surface area contributed by atoms with Crippen molar-refractivity contribution in [2.45, 2.75) is 58.8 Å². The molecule has 1 N–H and O–H groups in total. The predicted molar refractivity (Wildman–Crippen MR) is 86.2 cm³/mol. The van der Waals surface area contributed by atoms with Gasteiger partial charge in [-0.1, -0.05) is 6.92 Å². The van der Waals surface area contributed by atoms with Crippen molar-refractivity contribution in [2.24, 2.45) is 0 Å². The first kappa shape index (κ1) is 16.0. The Kier molecular flexibility index (Phi) is 5.61. The van der Waals surface area contributed by atoms with Crippen LogP contribution in [0.5, 0.6) is 0 Å². The van der Waals surface area contributed by atoms with Crippen LogP contribution in [-0.4, -0.2) is 36.2 Å². The third-order valence-corrected chi connectivity index (χ3v) is 4.64. The lowest BCUT2D eigenvalue weighted by Gasteiger charge is -2.32. The highest BCUT2D eigenvalue weighted by Gasteiger charge is 2.19. The molecule has 0 saturated carbocycles. The fourth-order valence-electron chi connectivity index (χ4n) is 2.35. The van der Waals surface area contributed by atoms with Crippen LogP contribution in [-0.2, 0) is 17.8 Å². The Labute approximate surface area is 127 Å². The van der Waals surface area contributed by atoms with Gasteiger partial charge < -0.3 is 10.1 Å². The van der Waals surface area contributed by atoms with E-state index in [0.717, 1.165) is 39.2 Å². The van der Waals surface area contributed by atoms with Gasteiger partial charge in [0.2, 0.25) is 0 Å². The minimum absolute atomic E-state index is 0.183. The Morgan fingerprint density at radius 2 is 2.10 bits per heavy atom. The topological polar surface area (TPSA) is 24.5 Å². The number of nitrogens with zero attached hydrogens (tertiary/aromatic N) is 1. The number of ether oxygens (including phenoxy) is 1. The molecule has 1 aliphatic heterocycles. The zero-order valence-corrected chi connectivity index (χ0v) is 14.1. The summed E-state index contributed by atoms with van der Waals surface area (Å²) in [5.74, 6) is 0. The molecule has 2 heterocycles. The Morgan fingerprint density at radius 1 is 1.35 bits per heavy atom. The van der Waals surface area contributed by atoms with E-state index in [1.165, 1.54) is 9.75 Å². The summed E-state index contributed by atoms with van der Waals surface area (Å²) in [4.78, 5) is 5.41. The molecule has 2 rings (SSSR count). The lowest BCUT2D eigenvalue weighted by atomic mass is 10.1. The minimum Gasteiger partial charge on any atom is -0.376 e. The highest BCUT2D eigenvalue weighted by molar-refractivity contribution is 7.11. The fourth-order valence-corrected chi connectivity index (χ4v) is 3.35. The molecule has 20 heavy (non-hydrogen) atoms. The van der Waals surface area contributed by atoms with Gasteiger partial charge in [0.1, 0.15) is 0 Å². The number of hydrogen-bond donors (Lipinski definition) is 1. The second kappa shape index (κ2) is 7.03. The molecule has 0 radical (unpaired) electrons.